The van der Waals surface area contributed by atoms with Gasteiger partial charge < -0.3 is 4.90 Å². The van der Waals surface area contributed by atoms with Crippen molar-refractivity contribution in [2.24, 2.45) is 5.92 Å². The molecule has 31 heavy (non-hydrogen) atoms. The van der Waals surface area contributed by atoms with Gasteiger partial charge in [0.2, 0.25) is 17.8 Å². The molecule has 0 aliphatic heterocycles. The van der Waals surface area contributed by atoms with Gasteiger partial charge >= 0.3 is 0 Å². The van der Waals surface area contributed by atoms with E-state index in [9.17, 15) is 13.6 Å². The Morgan fingerprint density at radius 1 is 1.32 bits per heavy atom. The first-order valence-corrected chi connectivity index (χ1v) is 10.8. The quantitative estimate of drug-likeness (QED) is 0.613. The molecule has 5 nitrogen and oxygen atoms in total. The lowest BCUT2D eigenvalue weighted by Gasteiger charge is -2.27. The average Bonchev–Trinajstić information content (AvgIpc) is 2.74. The number of aromatic nitrogens is 2. The van der Waals surface area contributed by atoms with Crippen LogP contribution in [0.5, 0.6) is 0 Å². The summed E-state index contributed by atoms with van der Waals surface area (Å²) in [6.07, 6.45) is 6.70. The monoisotopic (exact) mass is 428 g/mol. The van der Waals surface area contributed by atoms with Crippen LogP contribution in [-0.2, 0) is 4.79 Å². The van der Waals surface area contributed by atoms with Gasteiger partial charge in [-0.3, -0.25) is 10.1 Å². The van der Waals surface area contributed by atoms with E-state index in [-0.39, 0.29) is 37.5 Å². The molecule has 0 atom stereocenters. The molecule has 1 N–H and O–H groups in total. The highest BCUT2D eigenvalue weighted by molar-refractivity contribution is 5.92. The van der Waals surface area contributed by atoms with Crippen molar-refractivity contribution in [3.05, 3.63) is 47.8 Å². The van der Waals surface area contributed by atoms with E-state index in [1.807, 2.05) is 32.2 Å². The summed E-state index contributed by atoms with van der Waals surface area (Å²) in [6.45, 7) is 6.17. The second-order valence-electron chi connectivity index (χ2n) is 8.07. The predicted molar refractivity (Wildman–Crippen MR) is 121 cm³/mol. The van der Waals surface area contributed by atoms with Gasteiger partial charge in [-0.1, -0.05) is 31.2 Å². The van der Waals surface area contributed by atoms with Crippen molar-refractivity contribution >= 4 is 28.5 Å². The molecule has 1 aromatic heterocycles. The Balaban J connectivity index is 1.80. The van der Waals surface area contributed by atoms with E-state index in [0.717, 1.165) is 28.8 Å². The molecule has 1 aliphatic carbocycles. The van der Waals surface area contributed by atoms with Crippen molar-refractivity contribution in [3.8, 4) is 0 Å². The lowest BCUT2D eigenvalue weighted by Crippen LogP contribution is -2.32. The van der Waals surface area contributed by atoms with Crippen LogP contribution in [0, 0.1) is 5.92 Å². The number of hydrogen-bond acceptors (Lipinski definition) is 4. The van der Waals surface area contributed by atoms with Crippen molar-refractivity contribution in [1.29, 1.82) is 0 Å². The molecule has 0 radical (unpaired) electrons. The maximum atomic E-state index is 13.4. The van der Waals surface area contributed by atoms with E-state index in [0.29, 0.717) is 5.52 Å². The third kappa shape index (κ3) is 5.46. The van der Waals surface area contributed by atoms with Crippen molar-refractivity contribution in [3.63, 3.8) is 0 Å². The van der Waals surface area contributed by atoms with Gasteiger partial charge in [-0.2, -0.15) is 0 Å². The Hall–Kier alpha value is -2.83. The van der Waals surface area contributed by atoms with Crippen LogP contribution < -0.4 is 5.32 Å². The van der Waals surface area contributed by atoms with Gasteiger partial charge in [-0.05, 0) is 44.7 Å². The topological polar surface area (TPSA) is 58.1 Å². The van der Waals surface area contributed by atoms with Gasteiger partial charge in [0.25, 0.3) is 0 Å². The number of nitrogens with zero attached hydrogens (tertiary/aromatic N) is 3. The molecular formula is C24H30F2N4O. The molecule has 1 heterocycles. The number of nitrogens with one attached hydrogen (secondary N) is 1. The Morgan fingerprint density at radius 2 is 2.03 bits per heavy atom. The van der Waals surface area contributed by atoms with Crippen LogP contribution in [0.4, 0.5) is 14.7 Å². The summed E-state index contributed by atoms with van der Waals surface area (Å²) in [4.78, 5) is 23.4. The number of carbonyl (C=O) groups is 1. The Labute approximate surface area is 182 Å². The number of allylic oxidation sites excluding steroid dienone is 3. The van der Waals surface area contributed by atoms with Crippen molar-refractivity contribution in [2.45, 2.75) is 58.8 Å². The number of carbonyl (C=O) groups excluding carboxylic acids is 1. The van der Waals surface area contributed by atoms with E-state index < -0.39 is 11.8 Å². The maximum absolute atomic E-state index is 13.4. The first-order valence-electron chi connectivity index (χ1n) is 10.8. The van der Waals surface area contributed by atoms with Gasteiger partial charge in [0, 0.05) is 48.8 Å². The summed E-state index contributed by atoms with van der Waals surface area (Å²) in [5.41, 5.74) is 3.93. The third-order valence-corrected chi connectivity index (χ3v) is 5.86. The molecule has 166 valence electrons. The first-order chi connectivity index (χ1) is 14.7. The van der Waals surface area contributed by atoms with Crippen LogP contribution in [0.1, 0.15) is 58.4 Å². The molecule has 1 amide bonds. The summed E-state index contributed by atoms with van der Waals surface area (Å²) in [5.74, 6) is -3.18. The second kappa shape index (κ2) is 9.54. The van der Waals surface area contributed by atoms with Crippen molar-refractivity contribution in [1.82, 2.24) is 14.9 Å². The molecule has 0 unspecified atom stereocenters. The zero-order chi connectivity index (χ0) is 22.6. The number of hydrogen-bond donors (Lipinski definition) is 1. The zero-order valence-corrected chi connectivity index (χ0v) is 18.6. The first kappa shape index (κ1) is 22.8. The lowest BCUT2D eigenvalue weighted by molar-refractivity contribution is -0.124. The van der Waals surface area contributed by atoms with Gasteiger partial charge in [0.1, 0.15) is 0 Å². The van der Waals surface area contributed by atoms with Crippen LogP contribution >= 0.6 is 0 Å². The SMILES string of the molecule is C/C=C(/c1ccc2cnc(NC(=O)C3CCC(F)(F)CC3)nc2c1)N(C)/C(C)=C/CC. The van der Waals surface area contributed by atoms with E-state index in [1.54, 1.807) is 6.20 Å². The van der Waals surface area contributed by atoms with E-state index in [2.05, 4.69) is 46.2 Å². The highest BCUT2D eigenvalue weighted by Crippen LogP contribution is 2.36. The van der Waals surface area contributed by atoms with Crippen LogP contribution in [0.2, 0.25) is 0 Å². The minimum Gasteiger partial charge on any atom is -0.349 e. The lowest BCUT2D eigenvalue weighted by atomic mass is 9.86. The second-order valence-corrected chi connectivity index (χ2v) is 8.07. The van der Waals surface area contributed by atoms with Crippen LogP contribution in [0.3, 0.4) is 0 Å². The number of rotatable bonds is 6. The molecule has 1 saturated carbocycles. The van der Waals surface area contributed by atoms with Crippen LogP contribution in [0.15, 0.2) is 42.2 Å². The minimum absolute atomic E-state index is 0.179. The molecule has 3 rings (SSSR count). The van der Waals surface area contributed by atoms with E-state index in [1.165, 1.54) is 0 Å². The Kier molecular flexibility index (Phi) is 7.03. The predicted octanol–water partition coefficient (Wildman–Crippen LogP) is 6.00. The summed E-state index contributed by atoms with van der Waals surface area (Å²) in [7, 11) is 2.03. The number of anilines is 1. The smallest absolute Gasteiger partial charge is 0.248 e. The van der Waals surface area contributed by atoms with Crippen molar-refractivity contribution in [2.75, 3.05) is 12.4 Å². The number of amides is 1. The molecule has 7 heteroatoms. The van der Waals surface area contributed by atoms with Gasteiger partial charge in [0.05, 0.1) is 5.52 Å². The Bertz CT molecular complexity index is 1010. The number of halogens is 2. The fraction of sp³-hybridized carbons (Fsp3) is 0.458. The average molecular weight is 429 g/mol. The summed E-state index contributed by atoms with van der Waals surface area (Å²) in [5, 5.41) is 3.57. The minimum atomic E-state index is -2.66. The number of fused-ring (bicyclic) bond motifs is 1. The number of benzene rings is 1. The largest absolute Gasteiger partial charge is 0.349 e. The molecule has 2 aromatic rings. The van der Waals surface area contributed by atoms with Gasteiger partial charge in [-0.15, -0.1) is 0 Å². The summed E-state index contributed by atoms with van der Waals surface area (Å²) < 4.78 is 26.7. The Morgan fingerprint density at radius 3 is 2.68 bits per heavy atom. The van der Waals surface area contributed by atoms with E-state index >= 15 is 0 Å². The number of alkyl halides is 2. The van der Waals surface area contributed by atoms with E-state index in [4.69, 9.17) is 0 Å². The molecule has 1 fully saturated rings. The third-order valence-electron chi connectivity index (χ3n) is 5.86. The zero-order valence-electron chi connectivity index (χ0n) is 18.6. The molecule has 0 spiro atoms. The molecule has 1 aliphatic rings. The molecule has 0 bridgehead atoms. The van der Waals surface area contributed by atoms with Gasteiger partial charge in [-0.25, -0.2) is 18.7 Å². The fourth-order valence-electron chi connectivity index (χ4n) is 3.93. The van der Waals surface area contributed by atoms with Gasteiger partial charge in [0.15, 0.2) is 0 Å². The van der Waals surface area contributed by atoms with Crippen LogP contribution in [-0.4, -0.2) is 33.7 Å². The van der Waals surface area contributed by atoms with Crippen LogP contribution in [0.25, 0.3) is 16.6 Å². The summed E-state index contributed by atoms with van der Waals surface area (Å²) in [6, 6.07) is 5.95. The molecule has 1 aromatic carbocycles. The van der Waals surface area contributed by atoms with Crippen molar-refractivity contribution < 1.29 is 13.6 Å². The highest BCUT2D eigenvalue weighted by Gasteiger charge is 2.37. The standard InChI is InChI=1S/C24H30F2N4O/c1-5-7-16(3)30(4)21(6-2)18-8-9-19-15-27-23(28-20(19)14-18)29-22(31)17-10-12-24(25,26)13-11-17/h6-9,14-15,17H,5,10-13H2,1-4H3,(H,27,28,29,31)/b16-7+,21-6-. The normalized spacial score (nSPS) is 17.6. The summed E-state index contributed by atoms with van der Waals surface area (Å²) >= 11 is 0. The molecule has 0 saturated heterocycles. The fourth-order valence-corrected chi connectivity index (χ4v) is 3.93. The highest BCUT2D eigenvalue weighted by atomic mass is 19.3. The molecular weight excluding hydrogens is 398 g/mol. The maximum Gasteiger partial charge on any atom is 0.248 e.